The summed E-state index contributed by atoms with van der Waals surface area (Å²) in [4.78, 5) is 13.2. The summed E-state index contributed by atoms with van der Waals surface area (Å²) < 4.78 is 0. The third-order valence-electron chi connectivity index (χ3n) is 2.67. The standard InChI is InChI=1S/C11H17NO/c1-3-7-11(13)12(2)10-8-5-4-6-9-10/h10H,4-6,8-9H2,1-2H3. The molecule has 0 aliphatic heterocycles. The zero-order valence-electron chi connectivity index (χ0n) is 8.47. The lowest BCUT2D eigenvalue weighted by Gasteiger charge is -2.29. The molecule has 0 radical (unpaired) electrons. The Bertz CT molecular complexity index is 230. The number of hydrogen-bond acceptors (Lipinski definition) is 1. The molecule has 0 aromatic carbocycles. The van der Waals surface area contributed by atoms with Crippen LogP contribution in [0.15, 0.2) is 0 Å². The lowest BCUT2D eigenvalue weighted by atomic mass is 9.94. The van der Waals surface area contributed by atoms with Crippen molar-refractivity contribution in [2.24, 2.45) is 0 Å². The maximum Gasteiger partial charge on any atom is 0.298 e. The molecule has 0 bridgehead atoms. The summed E-state index contributed by atoms with van der Waals surface area (Å²) in [5, 5.41) is 0. The molecule has 0 unspecified atom stereocenters. The van der Waals surface area contributed by atoms with E-state index in [1.165, 1.54) is 19.3 Å². The minimum absolute atomic E-state index is 0.0330. The molecule has 1 rings (SSSR count). The number of hydrogen-bond donors (Lipinski definition) is 0. The van der Waals surface area contributed by atoms with E-state index in [4.69, 9.17) is 0 Å². The summed E-state index contributed by atoms with van der Waals surface area (Å²) in [5.41, 5.74) is 0. The van der Waals surface area contributed by atoms with Gasteiger partial charge in [0.1, 0.15) is 0 Å². The van der Waals surface area contributed by atoms with Crippen LogP contribution in [0.4, 0.5) is 0 Å². The van der Waals surface area contributed by atoms with E-state index in [9.17, 15) is 4.79 Å². The van der Waals surface area contributed by atoms with Crippen LogP contribution in [0.3, 0.4) is 0 Å². The van der Waals surface area contributed by atoms with Gasteiger partial charge in [-0.1, -0.05) is 25.2 Å². The Labute approximate surface area is 80.3 Å². The highest BCUT2D eigenvalue weighted by Gasteiger charge is 2.20. The fourth-order valence-electron chi connectivity index (χ4n) is 1.83. The first-order valence-electron chi connectivity index (χ1n) is 4.95. The van der Waals surface area contributed by atoms with Crippen LogP contribution in [-0.2, 0) is 4.79 Å². The maximum absolute atomic E-state index is 11.4. The van der Waals surface area contributed by atoms with Crippen molar-refractivity contribution in [3.05, 3.63) is 0 Å². The van der Waals surface area contributed by atoms with Crippen molar-refractivity contribution in [3.8, 4) is 11.8 Å². The van der Waals surface area contributed by atoms with E-state index in [0.29, 0.717) is 6.04 Å². The number of amides is 1. The van der Waals surface area contributed by atoms with Crippen molar-refractivity contribution in [1.82, 2.24) is 4.90 Å². The predicted octanol–water partition coefficient (Wildman–Crippen LogP) is 1.80. The van der Waals surface area contributed by atoms with Crippen molar-refractivity contribution < 1.29 is 4.79 Å². The quantitative estimate of drug-likeness (QED) is 0.562. The molecule has 0 atom stereocenters. The molecule has 0 N–H and O–H groups in total. The van der Waals surface area contributed by atoms with Crippen molar-refractivity contribution in [2.75, 3.05) is 7.05 Å². The van der Waals surface area contributed by atoms with Gasteiger partial charge >= 0.3 is 0 Å². The van der Waals surface area contributed by atoms with Gasteiger partial charge in [-0.25, -0.2) is 0 Å². The normalized spacial score (nSPS) is 17.4. The molecule has 72 valence electrons. The van der Waals surface area contributed by atoms with Crippen LogP contribution in [0.25, 0.3) is 0 Å². The van der Waals surface area contributed by atoms with Gasteiger partial charge in [0.15, 0.2) is 0 Å². The van der Waals surface area contributed by atoms with Crippen LogP contribution in [0.2, 0.25) is 0 Å². The molecule has 1 aliphatic rings. The van der Waals surface area contributed by atoms with Crippen LogP contribution in [0.1, 0.15) is 39.0 Å². The smallest absolute Gasteiger partial charge is 0.298 e. The van der Waals surface area contributed by atoms with Gasteiger partial charge in [-0.05, 0) is 25.7 Å². The van der Waals surface area contributed by atoms with Crippen molar-refractivity contribution >= 4 is 5.91 Å². The second-order valence-corrected chi connectivity index (χ2v) is 3.58. The van der Waals surface area contributed by atoms with Gasteiger partial charge in [0.05, 0.1) is 0 Å². The highest BCUT2D eigenvalue weighted by Crippen LogP contribution is 2.21. The van der Waals surface area contributed by atoms with Gasteiger partial charge < -0.3 is 4.90 Å². The molecular formula is C11H17NO. The zero-order chi connectivity index (χ0) is 9.68. The molecule has 2 nitrogen and oxygen atoms in total. The molecular weight excluding hydrogens is 162 g/mol. The van der Waals surface area contributed by atoms with E-state index in [2.05, 4.69) is 11.8 Å². The van der Waals surface area contributed by atoms with Gasteiger partial charge in [-0.3, -0.25) is 4.79 Å². The molecule has 0 heterocycles. The van der Waals surface area contributed by atoms with Crippen LogP contribution >= 0.6 is 0 Å². The van der Waals surface area contributed by atoms with E-state index < -0.39 is 0 Å². The summed E-state index contributed by atoms with van der Waals surface area (Å²) in [6.45, 7) is 1.70. The van der Waals surface area contributed by atoms with Crippen LogP contribution in [0, 0.1) is 11.8 Å². The average molecular weight is 179 g/mol. The van der Waals surface area contributed by atoms with E-state index in [1.807, 2.05) is 7.05 Å². The van der Waals surface area contributed by atoms with Crippen LogP contribution in [0.5, 0.6) is 0 Å². The fraction of sp³-hybridized carbons (Fsp3) is 0.727. The Morgan fingerprint density at radius 1 is 1.31 bits per heavy atom. The van der Waals surface area contributed by atoms with Gasteiger partial charge in [-0.15, -0.1) is 0 Å². The van der Waals surface area contributed by atoms with Crippen LogP contribution < -0.4 is 0 Å². The lowest BCUT2D eigenvalue weighted by molar-refractivity contribution is -0.126. The van der Waals surface area contributed by atoms with E-state index >= 15 is 0 Å². The lowest BCUT2D eigenvalue weighted by Crippen LogP contribution is -2.37. The molecule has 1 amide bonds. The monoisotopic (exact) mass is 179 g/mol. The van der Waals surface area contributed by atoms with Gasteiger partial charge in [0, 0.05) is 13.1 Å². The van der Waals surface area contributed by atoms with Crippen molar-refractivity contribution in [1.29, 1.82) is 0 Å². The molecule has 0 aromatic rings. The summed E-state index contributed by atoms with van der Waals surface area (Å²) in [5.74, 6) is 5.19. The SMILES string of the molecule is CC#CC(=O)N(C)C1CCCCC1. The second-order valence-electron chi connectivity index (χ2n) is 3.58. The van der Waals surface area contributed by atoms with Gasteiger partial charge in [0.2, 0.25) is 0 Å². The van der Waals surface area contributed by atoms with Gasteiger partial charge in [0.25, 0.3) is 5.91 Å². The Morgan fingerprint density at radius 3 is 2.46 bits per heavy atom. The van der Waals surface area contributed by atoms with Crippen molar-refractivity contribution in [3.63, 3.8) is 0 Å². The number of carbonyl (C=O) groups is 1. The second kappa shape index (κ2) is 4.91. The Hall–Kier alpha value is -0.970. The Morgan fingerprint density at radius 2 is 1.92 bits per heavy atom. The summed E-state index contributed by atoms with van der Waals surface area (Å²) in [6, 6.07) is 0.433. The molecule has 1 fully saturated rings. The largest absolute Gasteiger partial charge is 0.332 e. The molecule has 1 saturated carbocycles. The first kappa shape index (κ1) is 10.1. The molecule has 2 heteroatoms. The molecule has 0 saturated heterocycles. The molecule has 1 aliphatic carbocycles. The topological polar surface area (TPSA) is 20.3 Å². The zero-order valence-corrected chi connectivity index (χ0v) is 8.47. The van der Waals surface area contributed by atoms with E-state index in [0.717, 1.165) is 12.8 Å². The van der Waals surface area contributed by atoms with Crippen molar-refractivity contribution in [2.45, 2.75) is 45.1 Å². The van der Waals surface area contributed by atoms with E-state index in [-0.39, 0.29) is 5.91 Å². The minimum atomic E-state index is -0.0330. The van der Waals surface area contributed by atoms with Gasteiger partial charge in [-0.2, -0.15) is 0 Å². The third-order valence-corrected chi connectivity index (χ3v) is 2.67. The molecule has 0 aromatic heterocycles. The third kappa shape index (κ3) is 2.77. The number of rotatable bonds is 1. The predicted molar refractivity (Wildman–Crippen MR) is 53.1 cm³/mol. The maximum atomic E-state index is 11.4. The Balaban J connectivity index is 2.48. The summed E-state index contributed by atoms with van der Waals surface area (Å²) in [6.07, 6.45) is 6.11. The summed E-state index contributed by atoms with van der Waals surface area (Å²) >= 11 is 0. The number of nitrogens with zero attached hydrogens (tertiary/aromatic N) is 1. The highest BCUT2D eigenvalue weighted by atomic mass is 16.2. The van der Waals surface area contributed by atoms with Crippen LogP contribution in [-0.4, -0.2) is 23.9 Å². The Kier molecular flexibility index (Phi) is 3.82. The first-order chi connectivity index (χ1) is 6.25. The fourth-order valence-corrected chi connectivity index (χ4v) is 1.83. The first-order valence-corrected chi connectivity index (χ1v) is 4.95. The summed E-state index contributed by atoms with van der Waals surface area (Å²) in [7, 11) is 1.86. The molecule has 13 heavy (non-hydrogen) atoms. The molecule has 0 spiro atoms. The number of carbonyl (C=O) groups excluding carboxylic acids is 1. The van der Waals surface area contributed by atoms with E-state index in [1.54, 1.807) is 11.8 Å². The highest BCUT2D eigenvalue weighted by molar-refractivity contribution is 5.93. The minimum Gasteiger partial charge on any atom is -0.332 e. The average Bonchev–Trinajstić information content (AvgIpc) is 2.18.